The molecule has 0 radical (unpaired) electrons. The first-order valence-electron chi connectivity index (χ1n) is 10.6. The quantitative estimate of drug-likeness (QED) is 0.349. The third-order valence-electron chi connectivity index (χ3n) is 5.00. The van der Waals surface area contributed by atoms with Gasteiger partial charge in [0.25, 0.3) is 5.91 Å². The Morgan fingerprint density at radius 2 is 1.85 bits per heavy atom. The van der Waals surface area contributed by atoms with Crippen molar-refractivity contribution in [2.24, 2.45) is 0 Å². The molecule has 0 spiro atoms. The molecule has 0 aliphatic rings. The van der Waals surface area contributed by atoms with Crippen LogP contribution in [0, 0.1) is 19.7 Å². The van der Waals surface area contributed by atoms with Gasteiger partial charge in [0, 0.05) is 19.2 Å². The molecular weight excluding hydrogens is 441 g/mol. The number of halogens is 1. The molecule has 0 bridgehead atoms. The lowest BCUT2D eigenvalue weighted by Gasteiger charge is -2.11. The number of amides is 2. The molecule has 2 aromatic carbocycles. The maximum atomic E-state index is 13.6. The molecule has 0 fully saturated rings. The summed E-state index contributed by atoms with van der Waals surface area (Å²) in [5, 5.41) is 9.13. The Hall–Kier alpha value is -4.14. The molecule has 1 heterocycles. The van der Waals surface area contributed by atoms with Gasteiger partial charge < -0.3 is 24.6 Å². The molecule has 1 aromatic heterocycles. The molecular formula is C25H26FN3O5. The predicted molar refractivity (Wildman–Crippen MR) is 124 cm³/mol. The summed E-state index contributed by atoms with van der Waals surface area (Å²) in [6.45, 7) is 4.33. The van der Waals surface area contributed by atoms with Crippen molar-refractivity contribution >= 4 is 17.9 Å². The van der Waals surface area contributed by atoms with Crippen LogP contribution in [-0.2, 0) is 11.4 Å². The molecule has 0 atom stereocenters. The molecule has 8 nitrogen and oxygen atoms in total. The average molecular weight is 467 g/mol. The Morgan fingerprint density at radius 1 is 1.09 bits per heavy atom. The average Bonchev–Trinajstić information content (AvgIpc) is 3.16. The van der Waals surface area contributed by atoms with Gasteiger partial charge in [-0.25, -0.2) is 4.39 Å². The van der Waals surface area contributed by atoms with Crippen LogP contribution in [0.3, 0.4) is 0 Å². The van der Waals surface area contributed by atoms with Gasteiger partial charge in [0.05, 0.1) is 23.9 Å². The van der Waals surface area contributed by atoms with Gasteiger partial charge >= 0.3 is 0 Å². The number of nitrogens with one attached hydrogen (secondary N) is 2. The van der Waals surface area contributed by atoms with E-state index in [1.807, 2.05) is 13.8 Å². The molecule has 178 valence electrons. The largest absolute Gasteiger partial charge is 0.493 e. The van der Waals surface area contributed by atoms with Crippen molar-refractivity contribution < 1.29 is 28.0 Å². The smallest absolute Gasteiger partial charge is 0.254 e. The molecule has 0 aliphatic heterocycles. The topological polar surface area (TPSA) is 103 Å². The van der Waals surface area contributed by atoms with Crippen molar-refractivity contribution in [2.45, 2.75) is 20.5 Å². The number of aryl methyl sites for hydroxylation is 2. The Morgan fingerprint density at radius 3 is 2.56 bits per heavy atom. The lowest BCUT2D eigenvalue weighted by Crippen LogP contribution is -2.34. The second-order valence-corrected chi connectivity index (χ2v) is 7.36. The molecule has 34 heavy (non-hydrogen) atoms. The van der Waals surface area contributed by atoms with E-state index in [4.69, 9.17) is 14.0 Å². The Labute approximate surface area is 196 Å². The van der Waals surface area contributed by atoms with E-state index in [0.717, 1.165) is 16.8 Å². The number of nitrogens with zero attached hydrogens (tertiary/aromatic N) is 1. The normalized spacial score (nSPS) is 10.8. The minimum Gasteiger partial charge on any atom is -0.493 e. The molecule has 9 heteroatoms. The van der Waals surface area contributed by atoms with Gasteiger partial charge in [0.15, 0.2) is 11.5 Å². The van der Waals surface area contributed by atoms with Gasteiger partial charge in [-0.3, -0.25) is 9.59 Å². The second kappa shape index (κ2) is 11.6. The first-order chi connectivity index (χ1) is 16.4. The maximum absolute atomic E-state index is 13.6. The van der Waals surface area contributed by atoms with E-state index in [1.165, 1.54) is 31.4 Å². The molecule has 2 amide bonds. The fourth-order valence-electron chi connectivity index (χ4n) is 3.10. The molecule has 0 saturated carbocycles. The number of ether oxygens (including phenoxy) is 2. The summed E-state index contributed by atoms with van der Waals surface area (Å²) in [6.07, 6.45) is 3.01. The van der Waals surface area contributed by atoms with Crippen molar-refractivity contribution in [3.05, 3.63) is 82.5 Å². The minimum atomic E-state index is -0.595. The highest BCUT2D eigenvalue weighted by molar-refractivity contribution is 5.94. The van der Waals surface area contributed by atoms with Gasteiger partial charge in [0.2, 0.25) is 5.91 Å². The van der Waals surface area contributed by atoms with Crippen LogP contribution < -0.4 is 20.1 Å². The fourth-order valence-corrected chi connectivity index (χ4v) is 3.10. The lowest BCUT2D eigenvalue weighted by atomic mass is 10.2. The summed E-state index contributed by atoms with van der Waals surface area (Å²) >= 11 is 0. The zero-order valence-electron chi connectivity index (χ0n) is 19.2. The summed E-state index contributed by atoms with van der Waals surface area (Å²) in [6, 6.07) is 11.0. The van der Waals surface area contributed by atoms with Crippen molar-refractivity contribution in [1.29, 1.82) is 0 Å². The Balaban J connectivity index is 1.48. The number of carbonyl (C=O) groups excluding carboxylic acids is 2. The van der Waals surface area contributed by atoms with Gasteiger partial charge in [-0.1, -0.05) is 23.4 Å². The highest BCUT2D eigenvalue weighted by Crippen LogP contribution is 2.30. The highest BCUT2D eigenvalue weighted by Gasteiger charge is 2.12. The lowest BCUT2D eigenvalue weighted by molar-refractivity contribution is -0.116. The van der Waals surface area contributed by atoms with E-state index < -0.39 is 11.7 Å². The third-order valence-corrected chi connectivity index (χ3v) is 5.00. The number of hydrogen-bond acceptors (Lipinski definition) is 6. The predicted octanol–water partition coefficient (Wildman–Crippen LogP) is 3.58. The van der Waals surface area contributed by atoms with Crippen LogP contribution in [0.1, 0.15) is 32.9 Å². The first-order valence-corrected chi connectivity index (χ1v) is 10.6. The summed E-state index contributed by atoms with van der Waals surface area (Å²) < 4.78 is 30.0. The van der Waals surface area contributed by atoms with Gasteiger partial charge in [0.1, 0.15) is 18.2 Å². The van der Waals surface area contributed by atoms with E-state index in [0.29, 0.717) is 23.9 Å². The van der Waals surface area contributed by atoms with Crippen molar-refractivity contribution in [3.8, 4) is 11.5 Å². The molecule has 3 rings (SSSR count). The summed E-state index contributed by atoms with van der Waals surface area (Å²) in [7, 11) is 1.54. The number of carbonyl (C=O) groups is 2. The third kappa shape index (κ3) is 6.44. The number of rotatable bonds is 10. The number of methoxy groups -OCH3 is 1. The van der Waals surface area contributed by atoms with Crippen LogP contribution >= 0.6 is 0 Å². The molecule has 0 saturated heterocycles. The Bertz CT molecular complexity index is 1170. The van der Waals surface area contributed by atoms with Crippen LogP contribution in [-0.4, -0.2) is 37.2 Å². The van der Waals surface area contributed by atoms with Gasteiger partial charge in [-0.05, 0) is 49.8 Å². The van der Waals surface area contributed by atoms with Crippen LogP contribution in [0.15, 0.2) is 53.1 Å². The second-order valence-electron chi connectivity index (χ2n) is 7.36. The molecule has 2 N–H and O–H groups in total. The first kappa shape index (κ1) is 24.5. The van der Waals surface area contributed by atoms with Crippen LogP contribution in [0.2, 0.25) is 0 Å². The number of aromatic nitrogens is 1. The van der Waals surface area contributed by atoms with Crippen molar-refractivity contribution in [3.63, 3.8) is 0 Å². The van der Waals surface area contributed by atoms with Crippen LogP contribution in [0.4, 0.5) is 4.39 Å². The standard InChI is InChI=1S/C25H26FN3O5/c1-16-20(17(2)34-29-16)15-33-22-10-8-18(14-23(22)32-3)9-11-24(30)27-12-13-28-25(31)19-6-4-5-7-21(19)26/h4-11,14H,12-13,15H2,1-3H3,(H,27,30)(H,28,31)/b11-9+. The Kier molecular flexibility index (Phi) is 8.39. The fraction of sp³-hybridized carbons (Fsp3) is 0.240. The summed E-state index contributed by atoms with van der Waals surface area (Å²) in [4.78, 5) is 24.0. The van der Waals surface area contributed by atoms with Crippen LogP contribution in [0.25, 0.3) is 6.08 Å². The maximum Gasteiger partial charge on any atom is 0.254 e. The SMILES string of the molecule is COc1cc(/C=C/C(=O)NCCNC(=O)c2ccccc2F)ccc1OCc1c(C)noc1C. The van der Waals surface area contributed by atoms with E-state index in [1.54, 1.807) is 30.3 Å². The summed E-state index contributed by atoms with van der Waals surface area (Å²) in [5.74, 6) is 0.306. The van der Waals surface area contributed by atoms with Gasteiger partial charge in [-0.15, -0.1) is 0 Å². The van der Waals surface area contributed by atoms with Crippen molar-refractivity contribution in [2.75, 3.05) is 20.2 Å². The molecule has 3 aromatic rings. The summed E-state index contributed by atoms with van der Waals surface area (Å²) in [5.41, 5.74) is 2.35. The highest BCUT2D eigenvalue weighted by atomic mass is 19.1. The number of hydrogen-bond donors (Lipinski definition) is 2. The van der Waals surface area contributed by atoms with E-state index >= 15 is 0 Å². The van der Waals surface area contributed by atoms with Gasteiger partial charge in [-0.2, -0.15) is 0 Å². The number of benzene rings is 2. The van der Waals surface area contributed by atoms with E-state index in [2.05, 4.69) is 15.8 Å². The van der Waals surface area contributed by atoms with E-state index in [9.17, 15) is 14.0 Å². The minimum absolute atomic E-state index is 0.0400. The zero-order valence-corrected chi connectivity index (χ0v) is 19.2. The molecule has 0 unspecified atom stereocenters. The van der Waals surface area contributed by atoms with Crippen LogP contribution in [0.5, 0.6) is 11.5 Å². The van der Waals surface area contributed by atoms with Crippen molar-refractivity contribution in [1.82, 2.24) is 15.8 Å². The zero-order chi connectivity index (χ0) is 24.5. The van der Waals surface area contributed by atoms with E-state index in [-0.39, 0.29) is 24.6 Å². The monoisotopic (exact) mass is 467 g/mol. The molecule has 0 aliphatic carbocycles.